The van der Waals surface area contributed by atoms with Crippen molar-refractivity contribution in [3.63, 3.8) is 0 Å². The summed E-state index contributed by atoms with van der Waals surface area (Å²) in [6.45, 7) is 1.47. The Labute approximate surface area is 181 Å². The van der Waals surface area contributed by atoms with Gasteiger partial charge in [0, 0.05) is 30.3 Å². The van der Waals surface area contributed by atoms with Crippen LogP contribution < -0.4 is 9.47 Å². The van der Waals surface area contributed by atoms with E-state index in [1.807, 2.05) is 49.5 Å². The number of aromatic nitrogens is 2. The molecule has 2 aromatic carbocycles. The molecule has 162 valence electrons. The second-order valence-electron chi connectivity index (χ2n) is 8.04. The molecule has 31 heavy (non-hydrogen) atoms. The number of ketones is 1. The Hall–Kier alpha value is -3.19. The number of Topliss-reactive ketones (excluding diaryl/α,β-unsaturated/α-hetero) is 1. The first-order chi connectivity index (χ1) is 15.0. The van der Waals surface area contributed by atoms with E-state index < -0.39 is 0 Å². The van der Waals surface area contributed by atoms with E-state index in [0.717, 1.165) is 28.8 Å². The number of carbonyl (C=O) groups excluding carboxylic acids is 1. The summed E-state index contributed by atoms with van der Waals surface area (Å²) in [4.78, 5) is 15.1. The van der Waals surface area contributed by atoms with Crippen molar-refractivity contribution in [3.05, 3.63) is 65.7 Å². The van der Waals surface area contributed by atoms with Gasteiger partial charge in [-0.15, -0.1) is 0 Å². The molecule has 4 rings (SSSR count). The molecule has 1 aliphatic rings. The normalized spacial score (nSPS) is 15.4. The highest BCUT2D eigenvalue weighted by atomic mass is 19.1. The molecule has 6 nitrogen and oxygen atoms in total. The van der Waals surface area contributed by atoms with Crippen molar-refractivity contribution in [2.45, 2.75) is 12.8 Å². The molecule has 0 amide bonds. The molecule has 1 unspecified atom stereocenters. The molecule has 0 aliphatic carbocycles. The molecule has 1 aliphatic heterocycles. The molecule has 0 saturated carbocycles. The molecule has 0 bridgehead atoms. The second-order valence-corrected chi connectivity index (χ2v) is 8.04. The Balaban J connectivity index is 1.51. The average molecular weight is 423 g/mol. The van der Waals surface area contributed by atoms with Gasteiger partial charge in [-0.25, -0.2) is 4.39 Å². The number of nitrogens with zero attached hydrogens (tertiary/aromatic N) is 2. The summed E-state index contributed by atoms with van der Waals surface area (Å²) in [5, 5.41) is 6.82. The maximum Gasteiger partial charge on any atom is 0.165 e. The molecular formula is C24H26FN3O3. The monoisotopic (exact) mass is 423 g/mol. The maximum absolute atomic E-state index is 13.9. The summed E-state index contributed by atoms with van der Waals surface area (Å²) >= 11 is 0. The van der Waals surface area contributed by atoms with Crippen molar-refractivity contribution in [1.82, 2.24) is 15.1 Å². The van der Waals surface area contributed by atoms with E-state index in [4.69, 9.17) is 9.47 Å². The van der Waals surface area contributed by atoms with Gasteiger partial charge in [-0.3, -0.25) is 9.89 Å². The van der Waals surface area contributed by atoms with E-state index in [1.54, 1.807) is 12.3 Å². The highest BCUT2D eigenvalue weighted by Crippen LogP contribution is 2.32. The molecular weight excluding hydrogens is 397 g/mol. The molecule has 7 heteroatoms. The fourth-order valence-corrected chi connectivity index (χ4v) is 3.68. The molecule has 0 spiro atoms. The van der Waals surface area contributed by atoms with Crippen LogP contribution in [-0.4, -0.2) is 54.7 Å². The van der Waals surface area contributed by atoms with Crippen LogP contribution in [0.3, 0.4) is 0 Å². The van der Waals surface area contributed by atoms with Crippen molar-refractivity contribution in [2.75, 3.05) is 33.9 Å². The number of halogens is 1. The number of likely N-dealkylation sites (N-methyl/N-ethyl adjacent to an activating group) is 1. The number of rotatable bonds is 8. The zero-order chi connectivity index (χ0) is 21.8. The predicted octanol–water partition coefficient (Wildman–Crippen LogP) is 3.52. The number of ether oxygens (including phenoxy) is 2. The van der Waals surface area contributed by atoms with E-state index in [2.05, 4.69) is 10.2 Å². The third kappa shape index (κ3) is 4.94. The third-order valence-corrected chi connectivity index (χ3v) is 5.46. The summed E-state index contributed by atoms with van der Waals surface area (Å²) in [6.07, 6.45) is 4.29. The average Bonchev–Trinajstić information content (AvgIpc) is 3.29. The molecule has 0 radical (unpaired) electrons. The number of hydrogen-bond donors (Lipinski definition) is 1. The van der Waals surface area contributed by atoms with Crippen LogP contribution in [0.2, 0.25) is 0 Å². The van der Waals surface area contributed by atoms with E-state index >= 15 is 0 Å². The van der Waals surface area contributed by atoms with Crippen molar-refractivity contribution in [1.29, 1.82) is 0 Å². The van der Waals surface area contributed by atoms with Gasteiger partial charge in [0.1, 0.15) is 18.1 Å². The Morgan fingerprint density at radius 1 is 1.29 bits per heavy atom. The van der Waals surface area contributed by atoms with E-state index in [9.17, 15) is 9.18 Å². The number of para-hydroxylation sites is 1. The number of aromatic amines is 1. The summed E-state index contributed by atoms with van der Waals surface area (Å²) in [6, 6.07) is 10.7. The Morgan fingerprint density at radius 2 is 2.16 bits per heavy atom. The van der Waals surface area contributed by atoms with Crippen molar-refractivity contribution < 1.29 is 18.7 Å². The van der Waals surface area contributed by atoms with Crippen molar-refractivity contribution >= 4 is 5.78 Å². The fraction of sp³-hybridized carbons (Fsp3) is 0.333. The van der Waals surface area contributed by atoms with Crippen molar-refractivity contribution in [3.8, 4) is 22.6 Å². The summed E-state index contributed by atoms with van der Waals surface area (Å²) in [7, 11) is 3.97. The largest absolute Gasteiger partial charge is 0.492 e. The number of carbonyl (C=O) groups is 1. The first-order valence-electron chi connectivity index (χ1n) is 10.3. The lowest BCUT2D eigenvalue weighted by Gasteiger charge is -2.25. The van der Waals surface area contributed by atoms with E-state index in [1.165, 1.54) is 6.07 Å². The molecule has 3 aromatic rings. The SMILES string of the molecule is CN(C)CCOc1cc(-c2cn[nH]c2)ccc1CC(=O)C1COc2c(F)cccc2C1. The molecule has 1 atom stereocenters. The van der Waals surface area contributed by atoms with Crippen LogP contribution in [0, 0.1) is 11.7 Å². The van der Waals surface area contributed by atoms with Crippen LogP contribution in [0.5, 0.6) is 11.5 Å². The summed E-state index contributed by atoms with van der Waals surface area (Å²) in [5.41, 5.74) is 3.49. The highest BCUT2D eigenvalue weighted by Gasteiger charge is 2.28. The van der Waals surface area contributed by atoms with Gasteiger partial charge in [-0.05, 0) is 43.8 Å². The lowest BCUT2D eigenvalue weighted by molar-refractivity contribution is -0.123. The molecule has 0 saturated heterocycles. The van der Waals surface area contributed by atoms with Crippen LogP contribution in [-0.2, 0) is 17.6 Å². The number of benzene rings is 2. The summed E-state index contributed by atoms with van der Waals surface area (Å²) < 4.78 is 25.5. The minimum Gasteiger partial charge on any atom is -0.492 e. The Kier molecular flexibility index (Phi) is 6.32. The van der Waals surface area contributed by atoms with E-state index in [-0.39, 0.29) is 36.3 Å². The number of nitrogens with one attached hydrogen (secondary N) is 1. The quantitative estimate of drug-likeness (QED) is 0.601. The van der Waals surface area contributed by atoms with Gasteiger partial charge >= 0.3 is 0 Å². The highest BCUT2D eigenvalue weighted by molar-refractivity contribution is 5.85. The van der Waals surface area contributed by atoms with Gasteiger partial charge in [0.25, 0.3) is 0 Å². The number of fused-ring (bicyclic) bond motifs is 1. The van der Waals surface area contributed by atoms with Crippen LogP contribution in [0.15, 0.2) is 48.8 Å². The topological polar surface area (TPSA) is 67.5 Å². The lowest BCUT2D eigenvalue weighted by atomic mass is 9.89. The summed E-state index contributed by atoms with van der Waals surface area (Å²) in [5.74, 6) is 0.330. The van der Waals surface area contributed by atoms with Gasteiger partial charge in [-0.1, -0.05) is 24.3 Å². The smallest absolute Gasteiger partial charge is 0.165 e. The number of hydrogen-bond acceptors (Lipinski definition) is 5. The van der Waals surface area contributed by atoms with Crippen LogP contribution in [0.1, 0.15) is 11.1 Å². The minimum atomic E-state index is -0.380. The number of H-pyrrole nitrogens is 1. The zero-order valence-corrected chi connectivity index (χ0v) is 17.7. The van der Waals surface area contributed by atoms with Crippen molar-refractivity contribution in [2.24, 2.45) is 5.92 Å². The van der Waals surface area contributed by atoms with Gasteiger partial charge in [0.05, 0.1) is 18.7 Å². The van der Waals surface area contributed by atoms with Gasteiger partial charge < -0.3 is 14.4 Å². The van der Waals surface area contributed by atoms with Gasteiger partial charge in [-0.2, -0.15) is 5.10 Å². The van der Waals surface area contributed by atoms with E-state index in [0.29, 0.717) is 18.8 Å². The molecule has 1 aromatic heterocycles. The molecule has 1 N–H and O–H groups in total. The second kappa shape index (κ2) is 9.31. The predicted molar refractivity (Wildman–Crippen MR) is 116 cm³/mol. The molecule has 2 heterocycles. The zero-order valence-electron chi connectivity index (χ0n) is 17.7. The van der Waals surface area contributed by atoms with Crippen LogP contribution in [0.25, 0.3) is 11.1 Å². The Bertz CT molecular complexity index is 1050. The maximum atomic E-state index is 13.9. The standard InChI is InChI=1S/C24H26FN3O3/c1-28(2)8-9-30-23-12-16(20-13-26-27-14-20)6-7-17(23)11-22(29)19-10-18-4-3-5-21(25)24(18)31-15-19/h3-7,12-14,19H,8-11,15H2,1-2H3,(H,26,27). The van der Waals surface area contributed by atoms with Crippen LogP contribution in [0.4, 0.5) is 4.39 Å². The fourth-order valence-electron chi connectivity index (χ4n) is 3.68. The Morgan fingerprint density at radius 3 is 2.94 bits per heavy atom. The van der Waals surface area contributed by atoms with Gasteiger partial charge in [0.2, 0.25) is 0 Å². The third-order valence-electron chi connectivity index (χ3n) is 5.46. The first-order valence-corrected chi connectivity index (χ1v) is 10.3. The first kappa shape index (κ1) is 21.1. The molecule has 0 fully saturated rings. The van der Waals surface area contributed by atoms with Gasteiger partial charge in [0.15, 0.2) is 11.6 Å². The van der Waals surface area contributed by atoms with Crippen LogP contribution >= 0.6 is 0 Å². The lowest BCUT2D eigenvalue weighted by Crippen LogP contribution is -2.30. The minimum absolute atomic E-state index is 0.0587.